The van der Waals surface area contributed by atoms with Crippen molar-refractivity contribution in [3.8, 4) is 0 Å². The Morgan fingerprint density at radius 1 is 1.47 bits per heavy atom. The molecule has 0 unspecified atom stereocenters. The molecule has 80 valence electrons. The minimum Gasteiger partial charge on any atom is -0.481 e. The van der Waals surface area contributed by atoms with Gasteiger partial charge in [0, 0.05) is 10.2 Å². The van der Waals surface area contributed by atoms with Gasteiger partial charge in [-0.15, -0.1) is 0 Å². The minimum atomic E-state index is -1.14. The minimum absolute atomic E-state index is 0.522. The summed E-state index contributed by atoms with van der Waals surface area (Å²) in [6, 6.07) is 5.29. The zero-order valence-corrected chi connectivity index (χ0v) is 9.67. The lowest BCUT2D eigenvalue weighted by Crippen LogP contribution is -2.15. The first-order valence-electron chi connectivity index (χ1n) is 4.27. The molecule has 1 aromatic carbocycles. The Morgan fingerprint density at radius 2 is 2.13 bits per heavy atom. The van der Waals surface area contributed by atoms with Crippen LogP contribution in [0, 0.1) is 6.92 Å². The van der Waals surface area contributed by atoms with Crippen LogP contribution in [0.25, 0.3) is 0 Å². The number of hydrogen-bond acceptors (Lipinski definition) is 2. The highest BCUT2D eigenvalue weighted by Gasteiger charge is 2.07. The fourth-order valence-electron chi connectivity index (χ4n) is 1.01. The second-order valence-electron chi connectivity index (χ2n) is 3.08. The quantitative estimate of drug-likeness (QED) is 0.829. The number of carbonyl (C=O) groups is 2. The topological polar surface area (TPSA) is 66.4 Å². The van der Waals surface area contributed by atoms with E-state index in [4.69, 9.17) is 5.11 Å². The molecule has 0 bridgehead atoms. The lowest BCUT2D eigenvalue weighted by molar-refractivity contribution is -0.139. The third-order valence-electron chi connectivity index (χ3n) is 1.77. The second-order valence-corrected chi connectivity index (χ2v) is 3.94. The second kappa shape index (κ2) is 4.93. The van der Waals surface area contributed by atoms with Crippen LogP contribution in [0.4, 0.5) is 5.69 Å². The maximum absolute atomic E-state index is 11.1. The van der Waals surface area contributed by atoms with E-state index in [1.807, 2.05) is 13.0 Å². The van der Waals surface area contributed by atoms with E-state index in [0.29, 0.717) is 5.69 Å². The maximum Gasteiger partial charge on any atom is 0.312 e. The third-order valence-corrected chi connectivity index (χ3v) is 2.62. The van der Waals surface area contributed by atoms with Gasteiger partial charge in [-0.05, 0) is 24.6 Å². The number of aryl methyl sites for hydroxylation is 1. The molecule has 1 rings (SSSR count). The van der Waals surface area contributed by atoms with Crippen molar-refractivity contribution in [3.05, 3.63) is 28.2 Å². The normalized spacial score (nSPS) is 9.73. The summed E-state index contributed by atoms with van der Waals surface area (Å²) in [5.74, 6) is -1.67. The van der Waals surface area contributed by atoms with Gasteiger partial charge >= 0.3 is 5.97 Å². The van der Waals surface area contributed by atoms with Crippen LogP contribution in [0.2, 0.25) is 0 Å². The van der Waals surface area contributed by atoms with Crippen LogP contribution in [-0.4, -0.2) is 17.0 Å². The molecule has 0 aliphatic heterocycles. The van der Waals surface area contributed by atoms with Crippen LogP contribution in [-0.2, 0) is 9.59 Å². The molecule has 1 amide bonds. The van der Waals surface area contributed by atoms with Crippen molar-refractivity contribution in [1.29, 1.82) is 0 Å². The van der Waals surface area contributed by atoms with Crippen LogP contribution in [0.15, 0.2) is 22.7 Å². The summed E-state index contributed by atoms with van der Waals surface area (Å²) in [4.78, 5) is 21.4. The highest BCUT2D eigenvalue weighted by atomic mass is 79.9. The van der Waals surface area contributed by atoms with E-state index in [1.165, 1.54) is 0 Å². The van der Waals surface area contributed by atoms with Gasteiger partial charge in [-0.2, -0.15) is 0 Å². The molecular weight excluding hydrogens is 262 g/mol. The Morgan fingerprint density at radius 3 is 2.67 bits per heavy atom. The number of carboxylic acids is 1. The SMILES string of the molecule is Cc1ccc(NC(=O)CC(=O)O)cc1Br. The van der Waals surface area contributed by atoms with Gasteiger partial charge in [0.1, 0.15) is 6.42 Å². The summed E-state index contributed by atoms with van der Waals surface area (Å²) >= 11 is 3.32. The number of rotatable bonds is 3. The largest absolute Gasteiger partial charge is 0.481 e. The first kappa shape index (κ1) is 11.7. The Bertz CT molecular complexity index is 404. The number of aliphatic carboxylic acids is 1. The molecule has 2 N–H and O–H groups in total. The molecule has 0 radical (unpaired) electrons. The van der Waals surface area contributed by atoms with Crippen molar-refractivity contribution in [3.63, 3.8) is 0 Å². The molecule has 15 heavy (non-hydrogen) atoms. The van der Waals surface area contributed by atoms with Gasteiger partial charge in [-0.3, -0.25) is 9.59 Å². The standard InChI is InChI=1S/C10H10BrNO3/c1-6-2-3-7(4-8(6)11)12-9(13)5-10(14)15/h2-4H,5H2,1H3,(H,12,13)(H,14,15). The van der Waals surface area contributed by atoms with Gasteiger partial charge in [0.05, 0.1) is 0 Å². The Balaban J connectivity index is 2.69. The lowest BCUT2D eigenvalue weighted by Gasteiger charge is -2.05. The molecule has 0 aromatic heterocycles. The molecule has 0 fully saturated rings. The van der Waals surface area contributed by atoms with E-state index in [0.717, 1.165) is 10.0 Å². The van der Waals surface area contributed by atoms with Gasteiger partial charge in [-0.1, -0.05) is 22.0 Å². The third kappa shape index (κ3) is 3.71. The zero-order chi connectivity index (χ0) is 11.4. The zero-order valence-electron chi connectivity index (χ0n) is 8.08. The van der Waals surface area contributed by atoms with Crippen molar-refractivity contribution in [1.82, 2.24) is 0 Å². The predicted octanol–water partition coefficient (Wildman–Crippen LogP) is 2.17. The number of hydrogen-bond donors (Lipinski definition) is 2. The molecule has 0 aliphatic carbocycles. The van der Waals surface area contributed by atoms with Gasteiger partial charge in [0.15, 0.2) is 0 Å². The van der Waals surface area contributed by atoms with Crippen LogP contribution in [0.3, 0.4) is 0 Å². The Hall–Kier alpha value is -1.36. The van der Waals surface area contributed by atoms with Crippen molar-refractivity contribution in [2.75, 3.05) is 5.32 Å². The summed E-state index contributed by atoms with van der Waals surface area (Å²) in [5, 5.41) is 10.9. The molecule has 0 atom stereocenters. The number of amides is 1. The highest BCUT2D eigenvalue weighted by Crippen LogP contribution is 2.20. The highest BCUT2D eigenvalue weighted by molar-refractivity contribution is 9.10. The molecule has 5 heteroatoms. The monoisotopic (exact) mass is 271 g/mol. The van der Waals surface area contributed by atoms with Crippen molar-refractivity contribution < 1.29 is 14.7 Å². The number of carboxylic acid groups (broad SMARTS) is 1. The number of halogens is 1. The van der Waals surface area contributed by atoms with Gasteiger partial charge < -0.3 is 10.4 Å². The summed E-state index contributed by atoms with van der Waals surface area (Å²) in [6.45, 7) is 1.92. The molecule has 0 saturated carbocycles. The van der Waals surface area contributed by atoms with Crippen molar-refractivity contribution >= 4 is 33.5 Å². The number of benzene rings is 1. The fraction of sp³-hybridized carbons (Fsp3) is 0.200. The van der Waals surface area contributed by atoms with Gasteiger partial charge in [-0.25, -0.2) is 0 Å². The average molecular weight is 272 g/mol. The van der Waals surface area contributed by atoms with E-state index in [2.05, 4.69) is 21.2 Å². The predicted molar refractivity (Wildman–Crippen MR) is 59.8 cm³/mol. The molecule has 0 heterocycles. The summed E-state index contributed by atoms with van der Waals surface area (Å²) < 4.78 is 0.871. The van der Waals surface area contributed by atoms with Gasteiger partial charge in [0.25, 0.3) is 0 Å². The molecule has 0 aliphatic rings. The summed E-state index contributed by atoms with van der Waals surface area (Å²) in [6.07, 6.45) is -0.522. The molecular formula is C10H10BrNO3. The number of carbonyl (C=O) groups excluding carboxylic acids is 1. The molecule has 4 nitrogen and oxygen atoms in total. The summed E-state index contributed by atoms with van der Waals surface area (Å²) in [5.41, 5.74) is 1.63. The first-order chi connectivity index (χ1) is 6.99. The maximum atomic E-state index is 11.1. The van der Waals surface area contributed by atoms with Gasteiger partial charge in [0.2, 0.25) is 5.91 Å². The lowest BCUT2D eigenvalue weighted by atomic mass is 10.2. The smallest absolute Gasteiger partial charge is 0.312 e. The number of nitrogens with one attached hydrogen (secondary N) is 1. The van der Waals surface area contributed by atoms with Crippen LogP contribution >= 0.6 is 15.9 Å². The Kier molecular flexibility index (Phi) is 3.85. The average Bonchev–Trinajstić information content (AvgIpc) is 2.10. The van der Waals surface area contributed by atoms with Crippen molar-refractivity contribution in [2.45, 2.75) is 13.3 Å². The van der Waals surface area contributed by atoms with E-state index in [9.17, 15) is 9.59 Å². The van der Waals surface area contributed by atoms with E-state index in [-0.39, 0.29) is 0 Å². The molecule has 0 spiro atoms. The number of anilines is 1. The van der Waals surface area contributed by atoms with E-state index in [1.54, 1.807) is 12.1 Å². The first-order valence-corrected chi connectivity index (χ1v) is 5.06. The van der Waals surface area contributed by atoms with E-state index >= 15 is 0 Å². The Labute approximate surface area is 95.4 Å². The fourth-order valence-corrected chi connectivity index (χ4v) is 1.39. The molecule has 1 aromatic rings. The molecule has 0 saturated heterocycles. The summed E-state index contributed by atoms with van der Waals surface area (Å²) in [7, 11) is 0. The van der Waals surface area contributed by atoms with E-state index < -0.39 is 18.3 Å². The van der Waals surface area contributed by atoms with Crippen LogP contribution < -0.4 is 5.32 Å². The van der Waals surface area contributed by atoms with Crippen molar-refractivity contribution in [2.24, 2.45) is 0 Å². The van der Waals surface area contributed by atoms with Crippen LogP contribution in [0.5, 0.6) is 0 Å². The van der Waals surface area contributed by atoms with Crippen LogP contribution in [0.1, 0.15) is 12.0 Å².